The van der Waals surface area contributed by atoms with Gasteiger partial charge in [-0.15, -0.1) is 0 Å². The summed E-state index contributed by atoms with van der Waals surface area (Å²) in [5, 5.41) is 11.4. The molecular weight excluding hydrogens is 524 g/mol. The minimum absolute atomic E-state index is 0.137. The molecule has 1 saturated heterocycles. The van der Waals surface area contributed by atoms with Crippen molar-refractivity contribution < 1.29 is 27.8 Å². The van der Waals surface area contributed by atoms with Crippen molar-refractivity contribution in [2.24, 2.45) is 5.92 Å². The first-order valence-electron chi connectivity index (χ1n) is 13.5. The Labute approximate surface area is 230 Å². The molecule has 12 heteroatoms. The van der Waals surface area contributed by atoms with Gasteiger partial charge in [0.1, 0.15) is 12.1 Å². The third kappa shape index (κ3) is 6.73. The molecular formula is C28H33F2N5O5. The summed E-state index contributed by atoms with van der Waals surface area (Å²) in [7, 11) is 0. The first kappa shape index (κ1) is 27.9. The fourth-order valence-electron chi connectivity index (χ4n) is 5.25. The van der Waals surface area contributed by atoms with Gasteiger partial charge in [0.05, 0.1) is 19.3 Å². The van der Waals surface area contributed by atoms with Crippen LogP contribution in [-0.2, 0) is 20.8 Å². The molecule has 2 aromatic heterocycles. The van der Waals surface area contributed by atoms with E-state index in [0.717, 1.165) is 55.0 Å². The third-order valence-corrected chi connectivity index (χ3v) is 7.17. The molecule has 2 aliphatic rings. The first-order valence-corrected chi connectivity index (χ1v) is 13.5. The maximum Gasteiger partial charge on any atom is 0.271 e. The molecule has 1 unspecified atom stereocenters. The molecule has 1 aliphatic carbocycles. The fraction of sp³-hybridized carbons (Fsp3) is 0.500. The molecule has 3 heterocycles. The quantitative estimate of drug-likeness (QED) is 0.402. The lowest BCUT2D eigenvalue weighted by Crippen LogP contribution is -2.36. The molecule has 10 nitrogen and oxygen atoms in total. The summed E-state index contributed by atoms with van der Waals surface area (Å²) in [4.78, 5) is 26.6. The van der Waals surface area contributed by atoms with E-state index in [1.165, 1.54) is 12.3 Å². The van der Waals surface area contributed by atoms with Gasteiger partial charge in [0, 0.05) is 18.3 Å². The minimum Gasteiger partial charge on any atom is -0.449 e. The Morgan fingerprint density at radius 3 is 2.62 bits per heavy atom. The average molecular weight is 558 g/mol. The molecule has 2 atom stereocenters. The van der Waals surface area contributed by atoms with E-state index in [2.05, 4.69) is 15.5 Å². The lowest BCUT2D eigenvalue weighted by molar-refractivity contribution is -0.139. The molecule has 1 aliphatic heterocycles. The normalized spacial score (nSPS) is 19.9. The van der Waals surface area contributed by atoms with Gasteiger partial charge < -0.3 is 19.5 Å². The molecule has 1 N–H and O–H groups in total. The lowest BCUT2D eigenvalue weighted by atomic mass is 9.84. The highest BCUT2D eigenvalue weighted by Gasteiger charge is 2.33. The van der Waals surface area contributed by atoms with Crippen molar-refractivity contribution >= 4 is 11.7 Å². The van der Waals surface area contributed by atoms with E-state index in [4.69, 9.17) is 14.2 Å². The van der Waals surface area contributed by atoms with Crippen molar-refractivity contribution in [2.45, 2.75) is 76.9 Å². The molecule has 3 aromatic rings. The number of amides is 1. The standard InChI is InChI=1S/C28H33F2N5O5/c1-28(2)38-17-20(40-28)16-34-12-11-24(33-34)32-27(37)23(13-18-7-4-3-5-8-18)35-25(36)14-19(15-31-35)39-26-21(29)9-6-10-22(26)30/h6,9-12,14-15,18,20,23H,3-5,7-8,13,16-17H2,1-2H3,(H,32,33,37)/t20-,23?/m1/s1. The zero-order chi connectivity index (χ0) is 28.3. The van der Waals surface area contributed by atoms with Gasteiger partial charge in [-0.05, 0) is 38.3 Å². The summed E-state index contributed by atoms with van der Waals surface area (Å²) in [6, 6.07) is 5.14. The highest BCUT2D eigenvalue weighted by molar-refractivity contribution is 5.92. The van der Waals surface area contributed by atoms with Crippen molar-refractivity contribution in [2.75, 3.05) is 11.9 Å². The van der Waals surface area contributed by atoms with Crippen LogP contribution in [0.25, 0.3) is 0 Å². The van der Waals surface area contributed by atoms with Crippen LogP contribution in [0.2, 0.25) is 0 Å². The number of carbonyl (C=O) groups excluding carboxylic acids is 1. The van der Waals surface area contributed by atoms with E-state index in [9.17, 15) is 18.4 Å². The second-order valence-electron chi connectivity index (χ2n) is 10.7. The number of para-hydroxylation sites is 1. The summed E-state index contributed by atoms with van der Waals surface area (Å²) in [5.41, 5.74) is -0.628. The fourth-order valence-corrected chi connectivity index (χ4v) is 5.25. The summed E-state index contributed by atoms with van der Waals surface area (Å²) in [6.45, 7) is 4.59. The van der Waals surface area contributed by atoms with Crippen LogP contribution in [0.15, 0.2) is 47.5 Å². The smallest absolute Gasteiger partial charge is 0.271 e. The van der Waals surface area contributed by atoms with Crippen LogP contribution in [0, 0.1) is 17.6 Å². The number of hydrogen-bond donors (Lipinski definition) is 1. The Bertz CT molecular complexity index is 1380. The largest absolute Gasteiger partial charge is 0.449 e. The van der Waals surface area contributed by atoms with Crippen molar-refractivity contribution in [3.8, 4) is 11.5 Å². The summed E-state index contributed by atoms with van der Waals surface area (Å²) in [6.07, 6.45) is 8.36. The Morgan fingerprint density at radius 2 is 1.95 bits per heavy atom. The maximum absolute atomic E-state index is 14.0. The number of carbonyl (C=O) groups is 1. The van der Waals surface area contributed by atoms with Crippen molar-refractivity contribution in [3.05, 3.63) is 64.7 Å². The lowest BCUT2D eigenvalue weighted by Gasteiger charge is -2.26. The minimum atomic E-state index is -0.910. The van der Waals surface area contributed by atoms with Crippen molar-refractivity contribution in [3.63, 3.8) is 0 Å². The Balaban J connectivity index is 1.32. The van der Waals surface area contributed by atoms with Crippen LogP contribution in [-0.4, -0.2) is 44.0 Å². The second-order valence-corrected chi connectivity index (χ2v) is 10.7. The van der Waals surface area contributed by atoms with Gasteiger partial charge in [-0.25, -0.2) is 13.5 Å². The highest BCUT2D eigenvalue weighted by Crippen LogP contribution is 2.31. The number of rotatable bonds is 9. The number of anilines is 1. The Kier molecular flexibility index (Phi) is 8.27. The highest BCUT2D eigenvalue weighted by atomic mass is 19.1. The number of ether oxygens (including phenoxy) is 3. The van der Waals surface area contributed by atoms with Crippen LogP contribution in [0.1, 0.15) is 58.4 Å². The molecule has 0 radical (unpaired) electrons. The van der Waals surface area contributed by atoms with Crippen LogP contribution in [0.4, 0.5) is 14.6 Å². The molecule has 1 saturated carbocycles. The molecule has 40 heavy (non-hydrogen) atoms. The topological polar surface area (TPSA) is 110 Å². The number of aromatic nitrogens is 4. The Hall–Kier alpha value is -3.64. The van der Waals surface area contributed by atoms with Gasteiger partial charge in [-0.1, -0.05) is 38.2 Å². The van der Waals surface area contributed by atoms with Crippen LogP contribution < -0.4 is 15.6 Å². The number of benzene rings is 1. The van der Waals surface area contributed by atoms with E-state index in [1.807, 2.05) is 13.8 Å². The zero-order valence-electron chi connectivity index (χ0n) is 22.5. The molecule has 5 rings (SSSR count). The number of halogens is 2. The van der Waals surface area contributed by atoms with E-state index in [1.54, 1.807) is 16.9 Å². The van der Waals surface area contributed by atoms with Crippen molar-refractivity contribution in [1.29, 1.82) is 0 Å². The van der Waals surface area contributed by atoms with Crippen LogP contribution in [0.5, 0.6) is 11.5 Å². The van der Waals surface area contributed by atoms with Crippen LogP contribution >= 0.6 is 0 Å². The van der Waals surface area contributed by atoms with E-state index < -0.39 is 40.7 Å². The van der Waals surface area contributed by atoms with Crippen LogP contribution in [0.3, 0.4) is 0 Å². The SMILES string of the molecule is CC1(C)OC[C@@H](Cn2ccc(NC(=O)C(CC3CCCCC3)n3ncc(Oc4c(F)cccc4F)cc3=O)n2)O1. The van der Waals surface area contributed by atoms with Gasteiger partial charge in [0.15, 0.2) is 34.7 Å². The van der Waals surface area contributed by atoms with E-state index in [-0.39, 0.29) is 17.8 Å². The summed E-state index contributed by atoms with van der Waals surface area (Å²) >= 11 is 0. The number of hydrogen-bond acceptors (Lipinski definition) is 7. The van der Waals surface area contributed by atoms with Gasteiger partial charge in [-0.3, -0.25) is 14.3 Å². The predicted molar refractivity (Wildman–Crippen MR) is 141 cm³/mol. The average Bonchev–Trinajstić information content (AvgIpc) is 3.50. The van der Waals surface area contributed by atoms with E-state index >= 15 is 0 Å². The van der Waals surface area contributed by atoms with Gasteiger partial charge in [-0.2, -0.15) is 10.2 Å². The predicted octanol–water partition coefficient (Wildman–Crippen LogP) is 4.81. The van der Waals surface area contributed by atoms with E-state index in [0.29, 0.717) is 25.4 Å². The molecule has 1 amide bonds. The molecule has 214 valence electrons. The number of nitrogens with one attached hydrogen (secondary N) is 1. The van der Waals surface area contributed by atoms with Crippen molar-refractivity contribution in [1.82, 2.24) is 19.6 Å². The van der Waals surface area contributed by atoms with Gasteiger partial charge >= 0.3 is 0 Å². The van der Waals surface area contributed by atoms with Gasteiger partial charge in [0.2, 0.25) is 0 Å². The molecule has 1 aromatic carbocycles. The second kappa shape index (κ2) is 11.8. The summed E-state index contributed by atoms with van der Waals surface area (Å²) < 4.78 is 47.5. The molecule has 0 bridgehead atoms. The third-order valence-electron chi connectivity index (χ3n) is 7.17. The molecule has 0 spiro atoms. The zero-order valence-corrected chi connectivity index (χ0v) is 22.5. The Morgan fingerprint density at radius 1 is 1.20 bits per heavy atom. The molecule has 2 fully saturated rings. The first-order chi connectivity index (χ1) is 19.2. The maximum atomic E-state index is 14.0. The monoisotopic (exact) mass is 557 g/mol. The van der Waals surface area contributed by atoms with Gasteiger partial charge in [0.25, 0.3) is 11.5 Å². The summed E-state index contributed by atoms with van der Waals surface area (Å²) in [5.74, 6) is -3.08. The number of nitrogens with zero attached hydrogens (tertiary/aromatic N) is 4.